The standard InChI is InChI=1S/C18H18N4O2/c1-12(22-11-20-14-9-5-6-10-15(14)22)18(24)21-16(17(19)23)13-7-3-2-4-8-13/h2-12,16H,1H3,(H2,19,23)(H,21,24). The summed E-state index contributed by atoms with van der Waals surface area (Å²) in [6.07, 6.45) is 1.62. The molecule has 122 valence electrons. The van der Waals surface area contributed by atoms with Crippen LogP contribution in [0.25, 0.3) is 11.0 Å². The molecule has 0 saturated heterocycles. The molecule has 0 spiro atoms. The van der Waals surface area contributed by atoms with Crippen LogP contribution in [0.2, 0.25) is 0 Å². The molecule has 2 atom stereocenters. The van der Waals surface area contributed by atoms with Crippen LogP contribution in [0.15, 0.2) is 60.9 Å². The van der Waals surface area contributed by atoms with Crippen LogP contribution in [-0.4, -0.2) is 21.4 Å². The molecule has 1 aromatic heterocycles. The summed E-state index contributed by atoms with van der Waals surface area (Å²) in [4.78, 5) is 28.6. The van der Waals surface area contributed by atoms with Gasteiger partial charge in [-0.15, -0.1) is 0 Å². The lowest BCUT2D eigenvalue weighted by Gasteiger charge is -2.20. The first-order valence-corrected chi connectivity index (χ1v) is 7.64. The number of nitrogens with zero attached hydrogens (tertiary/aromatic N) is 2. The summed E-state index contributed by atoms with van der Waals surface area (Å²) < 4.78 is 1.77. The number of primary amides is 1. The fourth-order valence-electron chi connectivity index (χ4n) is 2.64. The molecule has 2 unspecified atom stereocenters. The van der Waals surface area contributed by atoms with E-state index in [-0.39, 0.29) is 5.91 Å². The minimum atomic E-state index is -0.865. The van der Waals surface area contributed by atoms with Gasteiger partial charge in [-0.2, -0.15) is 0 Å². The van der Waals surface area contributed by atoms with E-state index in [2.05, 4.69) is 10.3 Å². The van der Waals surface area contributed by atoms with Crippen LogP contribution >= 0.6 is 0 Å². The van der Waals surface area contributed by atoms with Crippen molar-refractivity contribution in [2.24, 2.45) is 5.73 Å². The van der Waals surface area contributed by atoms with Crippen molar-refractivity contribution in [3.05, 3.63) is 66.5 Å². The minimum absolute atomic E-state index is 0.300. The first-order chi connectivity index (χ1) is 11.6. The molecule has 2 amide bonds. The Hall–Kier alpha value is -3.15. The summed E-state index contributed by atoms with van der Waals surface area (Å²) in [7, 11) is 0. The molecule has 0 aliphatic heterocycles. The number of fused-ring (bicyclic) bond motifs is 1. The Balaban J connectivity index is 1.84. The smallest absolute Gasteiger partial charge is 0.244 e. The van der Waals surface area contributed by atoms with E-state index in [1.165, 1.54) is 0 Å². The van der Waals surface area contributed by atoms with E-state index in [0.29, 0.717) is 5.56 Å². The van der Waals surface area contributed by atoms with Gasteiger partial charge >= 0.3 is 0 Å². The van der Waals surface area contributed by atoms with E-state index in [1.54, 1.807) is 42.1 Å². The van der Waals surface area contributed by atoms with Crippen LogP contribution in [0.1, 0.15) is 24.6 Å². The van der Waals surface area contributed by atoms with Crippen molar-refractivity contribution >= 4 is 22.8 Å². The number of carbonyl (C=O) groups excluding carboxylic acids is 2. The molecule has 0 bridgehead atoms. The predicted octanol–water partition coefficient (Wildman–Crippen LogP) is 1.94. The van der Waals surface area contributed by atoms with Crippen LogP contribution < -0.4 is 11.1 Å². The Labute approximate surface area is 139 Å². The third kappa shape index (κ3) is 2.99. The number of carbonyl (C=O) groups is 2. The monoisotopic (exact) mass is 322 g/mol. The van der Waals surface area contributed by atoms with Crippen molar-refractivity contribution in [3.63, 3.8) is 0 Å². The number of imidazole rings is 1. The molecule has 6 heteroatoms. The molecule has 0 aliphatic rings. The highest BCUT2D eigenvalue weighted by molar-refractivity contribution is 5.90. The maximum atomic E-state index is 12.6. The molecule has 0 radical (unpaired) electrons. The zero-order valence-corrected chi connectivity index (χ0v) is 13.2. The molecular formula is C18H18N4O2. The van der Waals surface area contributed by atoms with Crippen LogP contribution in [0, 0.1) is 0 Å². The van der Waals surface area contributed by atoms with Gasteiger partial charge in [-0.05, 0) is 24.6 Å². The number of hydrogen-bond donors (Lipinski definition) is 2. The highest BCUT2D eigenvalue weighted by atomic mass is 16.2. The summed E-state index contributed by atoms with van der Waals surface area (Å²) >= 11 is 0. The van der Waals surface area contributed by atoms with E-state index >= 15 is 0 Å². The normalized spacial score (nSPS) is 13.4. The van der Waals surface area contributed by atoms with Crippen molar-refractivity contribution in [2.75, 3.05) is 0 Å². The molecule has 3 N–H and O–H groups in total. The molecule has 3 aromatic rings. The first-order valence-electron chi connectivity index (χ1n) is 7.64. The van der Waals surface area contributed by atoms with Gasteiger partial charge in [0, 0.05) is 0 Å². The van der Waals surface area contributed by atoms with Crippen molar-refractivity contribution in [2.45, 2.75) is 19.0 Å². The molecule has 6 nitrogen and oxygen atoms in total. The van der Waals surface area contributed by atoms with E-state index in [0.717, 1.165) is 11.0 Å². The Morgan fingerprint density at radius 3 is 2.46 bits per heavy atom. The van der Waals surface area contributed by atoms with Crippen molar-refractivity contribution < 1.29 is 9.59 Å². The molecular weight excluding hydrogens is 304 g/mol. The van der Waals surface area contributed by atoms with Crippen LogP contribution in [0.3, 0.4) is 0 Å². The highest BCUT2D eigenvalue weighted by Crippen LogP contribution is 2.19. The highest BCUT2D eigenvalue weighted by Gasteiger charge is 2.24. The summed E-state index contributed by atoms with van der Waals surface area (Å²) in [5.74, 6) is -0.900. The van der Waals surface area contributed by atoms with Gasteiger partial charge in [-0.1, -0.05) is 42.5 Å². The lowest BCUT2D eigenvalue weighted by atomic mass is 10.1. The zero-order chi connectivity index (χ0) is 17.1. The molecule has 2 aromatic carbocycles. The SMILES string of the molecule is CC(C(=O)NC(C(N)=O)c1ccccc1)n1cnc2ccccc21. The second-order valence-corrected chi connectivity index (χ2v) is 5.57. The summed E-state index contributed by atoms with van der Waals surface area (Å²) in [5.41, 5.74) is 7.78. The van der Waals surface area contributed by atoms with Gasteiger partial charge < -0.3 is 15.6 Å². The van der Waals surface area contributed by atoms with Crippen molar-refractivity contribution in [3.8, 4) is 0 Å². The largest absolute Gasteiger partial charge is 0.368 e. The molecule has 0 saturated carbocycles. The zero-order valence-electron chi connectivity index (χ0n) is 13.2. The average Bonchev–Trinajstić information content (AvgIpc) is 3.03. The van der Waals surface area contributed by atoms with Crippen molar-refractivity contribution in [1.82, 2.24) is 14.9 Å². The van der Waals surface area contributed by atoms with E-state index in [9.17, 15) is 9.59 Å². The lowest BCUT2D eigenvalue weighted by molar-refractivity contribution is -0.129. The topological polar surface area (TPSA) is 90.0 Å². The average molecular weight is 322 g/mol. The molecule has 24 heavy (non-hydrogen) atoms. The molecule has 1 heterocycles. The third-order valence-electron chi connectivity index (χ3n) is 3.98. The Bertz CT molecular complexity index is 873. The number of amides is 2. The Morgan fingerprint density at radius 1 is 1.08 bits per heavy atom. The van der Waals surface area contributed by atoms with Gasteiger partial charge in [0.1, 0.15) is 12.1 Å². The number of benzene rings is 2. The molecule has 0 aliphatic carbocycles. The van der Waals surface area contributed by atoms with Gasteiger partial charge in [0.2, 0.25) is 11.8 Å². The van der Waals surface area contributed by atoms with Gasteiger partial charge in [0.15, 0.2) is 0 Å². The maximum Gasteiger partial charge on any atom is 0.244 e. The number of nitrogens with one attached hydrogen (secondary N) is 1. The second-order valence-electron chi connectivity index (χ2n) is 5.57. The van der Waals surface area contributed by atoms with Crippen LogP contribution in [0.4, 0.5) is 0 Å². The molecule has 3 rings (SSSR count). The lowest BCUT2D eigenvalue weighted by Crippen LogP contribution is -2.40. The second kappa shape index (κ2) is 6.54. The number of aromatic nitrogens is 2. The van der Waals surface area contributed by atoms with Gasteiger partial charge in [0.25, 0.3) is 0 Å². The molecule has 0 fully saturated rings. The summed E-state index contributed by atoms with van der Waals surface area (Å²) in [6, 6.07) is 15.1. The quantitative estimate of drug-likeness (QED) is 0.752. The first kappa shape index (κ1) is 15.7. The number of nitrogens with two attached hydrogens (primary N) is 1. The van der Waals surface area contributed by atoms with E-state index < -0.39 is 18.0 Å². The van der Waals surface area contributed by atoms with E-state index in [4.69, 9.17) is 5.73 Å². The fraction of sp³-hybridized carbons (Fsp3) is 0.167. The van der Waals surface area contributed by atoms with Gasteiger partial charge in [0.05, 0.1) is 17.4 Å². The maximum absolute atomic E-state index is 12.6. The Kier molecular flexibility index (Phi) is 4.29. The van der Waals surface area contributed by atoms with Crippen molar-refractivity contribution in [1.29, 1.82) is 0 Å². The van der Waals surface area contributed by atoms with Gasteiger partial charge in [-0.3, -0.25) is 9.59 Å². The van der Waals surface area contributed by atoms with E-state index in [1.807, 2.05) is 30.3 Å². The van der Waals surface area contributed by atoms with Gasteiger partial charge in [-0.25, -0.2) is 4.98 Å². The predicted molar refractivity (Wildman–Crippen MR) is 91.0 cm³/mol. The van der Waals surface area contributed by atoms with Crippen LogP contribution in [0.5, 0.6) is 0 Å². The summed E-state index contributed by atoms with van der Waals surface area (Å²) in [5, 5.41) is 2.72. The fourth-order valence-corrected chi connectivity index (χ4v) is 2.64. The number of rotatable bonds is 5. The minimum Gasteiger partial charge on any atom is -0.368 e. The number of hydrogen-bond acceptors (Lipinski definition) is 3. The number of para-hydroxylation sites is 2. The third-order valence-corrected chi connectivity index (χ3v) is 3.98. The Morgan fingerprint density at radius 2 is 1.75 bits per heavy atom. The van der Waals surface area contributed by atoms with Crippen LogP contribution in [-0.2, 0) is 9.59 Å². The summed E-state index contributed by atoms with van der Waals surface area (Å²) in [6.45, 7) is 1.76.